The van der Waals surface area contributed by atoms with Crippen molar-refractivity contribution in [1.82, 2.24) is 0 Å². The highest BCUT2D eigenvalue weighted by Crippen LogP contribution is 2.35. The fourth-order valence-electron chi connectivity index (χ4n) is 2.86. The summed E-state index contributed by atoms with van der Waals surface area (Å²) in [6.45, 7) is 0.746. The lowest BCUT2D eigenvalue weighted by Gasteiger charge is -2.18. The summed E-state index contributed by atoms with van der Waals surface area (Å²) < 4.78 is 15.9. The Labute approximate surface area is 148 Å². The number of fused-ring (bicyclic) bond motifs is 1. The minimum absolute atomic E-state index is 0.00295. The van der Waals surface area contributed by atoms with Gasteiger partial charge >= 0.3 is 5.97 Å². The Morgan fingerprint density at radius 2 is 1.96 bits per heavy atom. The molecule has 0 radical (unpaired) electrons. The van der Waals surface area contributed by atoms with Crippen LogP contribution in [0.2, 0.25) is 5.02 Å². The molecule has 25 heavy (non-hydrogen) atoms. The predicted octanol–water partition coefficient (Wildman–Crippen LogP) is 3.41. The van der Waals surface area contributed by atoms with E-state index >= 15 is 0 Å². The lowest BCUT2D eigenvalue weighted by Crippen LogP contribution is -2.24. The second kappa shape index (κ2) is 6.29. The van der Waals surface area contributed by atoms with Gasteiger partial charge in [0.25, 0.3) is 0 Å². The van der Waals surface area contributed by atoms with Crippen molar-refractivity contribution in [3.63, 3.8) is 0 Å². The van der Waals surface area contributed by atoms with Gasteiger partial charge in [-0.15, -0.1) is 0 Å². The molecule has 4 rings (SSSR count). The Bertz CT molecular complexity index is 867. The van der Waals surface area contributed by atoms with Crippen LogP contribution in [0, 0.1) is 0 Å². The van der Waals surface area contributed by atoms with Crippen LogP contribution in [-0.2, 0) is 4.79 Å². The third-order valence-electron chi connectivity index (χ3n) is 4.10. The summed E-state index contributed by atoms with van der Waals surface area (Å²) in [6, 6.07) is 9.66. The Kier molecular flexibility index (Phi) is 3.97. The number of rotatable bonds is 3. The zero-order valence-electron chi connectivity index (χ0n) is 13.2. The molecule has 0 spiro atoms. The third kappa shape index (κ3) is 3.00. The summed E-state index contributed by atoms with van der Waals surface area (Å²) in [5, 5.41) is 0.426. The van der Waals surface area contributed by atoms with Gasteiger partial charge < -0.3 is 19.1 Å². The second-order valence-electron chi connectivity index (χ2n) is 5.72. The first kappa shape index (κ1) is 15.8. The number of benzene rings is 2. The first-order valence-corrected chi connectivity index (χ1v) is 8.21. The number of ether oxygens (including phenoxy) is 3. The molecule has 2 aliphatic heterocycles. The van der Waals surface area contributed by atoms with E-state index in [0.29, 0.717) is 46.5 Å². The van der Waals surface area contributed by atoms with E-state index in [4.69, 9.17) is 25.8 Å². The van der Waals surface area contributed by atoms with Crippen molar-refractivity contribution in [1.29, 1.82) is 0 Å². The van der Waals surface area contributed by atoms with Crippen molar-refractivity contribution < 1.29 is 23.8 Å². The van der Waals surface area contributed by atoms with Gasteiger partial charge in [-0.25, -0.2) is 4.79 Å². The first-order chi connectivity index (χ1) is 12.1. The molecule has 128 valence electrons. The molecular formula is C18H14ClNO5. The standard InChI is InChI=1S/C18H14ClNO5/c19-13-5-3-11(8-14(13)20-7-1-2-17(20)21)18(22)25-12-4-6-15-16(9-12)24-10-23-15/h3-6,8-9H,1-2,7,10H2. The molecule has 0 aliphatic carbocycles. The summed E-state index contributed by atoms with van der Waals surface area (Å²) in [6.07, 6.45) is 1.27. The molecule has 2 aromatic rings. The van der Waals surface area contributed by atoms with Crippen molar-refractivity contribution in [2.45, 2.75) is 12.8 Å². The maximum Gasteiger partial charge on any atom is 0.343 e. The van der Waals surface area contributed by atoms with E-state index in [1.54, 1.807) is 41.3 Å². The highest BCUT2D eigenvalue weighted by atomic mass is 35.5. The van der Waals surface area contributed by atoms with Crippen LogP contribution in [0.15, 0.2) is 36.4 Å². The van der Waals surface area contributed by atoms with Crippen molar-refractivity contribution >= 4 is 29.2 Å². The average Bonchev–Trinajstić information content (AvgIpc) is 3.23. The summed E-state index contributed by atoms with van der Waals surface area (Å²) in [5.74, 6) is 0.959. The molecule has 1 saturated heterocycles. The van der Waals surface area contributed by atoms with E-state index in [9.17, 15) is 9.59 Å². The Morgan fingerprint density at radius 1 is 1.12 bits per heavy atom. The zero-order chi connectivity index (χ0) is 17.4. The van der Waals surface area contributed by atoms with Gasteiger partial charge in [0.15, 0.2) is 11.5 Å². The molecule has 0 atom stereocenters. The average molecular weight is 360 g/mol. The largest absolute Gasteiger partial charge is 0.454 e. The van der Waals surface area contributed by atoms with Crippen molar-refractivity contribution in [2.24, 2.45) is 0 Å². The normalized spacial score (nSPS) is 15.6. The minimum atomic E-state index is -0.538. The Morgan fingerprint density at radius 3 is 2.76 bits per heavy atom. The molecule has 0 N–H and O–H groups in total. The number of amides is 1. The molecule has 2 aromatic carbocycles. The monoisotopic (exact) mass is 359 g/mol. The number of carbonyl (C=O) groups is 2. The summed E-state index contributed by atoms with van der Waals surface area (Å²) >= 11 is 6.19. The van der Waals surface area contributed by atoms with Crippen LogP contribution in [0.4, 0.5) is 5.69 Å². The van der Waals surface area contributed by atoms with Gasteiger partial charge in [0.1, 0.15) is 5.75 Å². The smallest absolute Gasteiger partial charge is 0.343 e. The second-order valence-corrected chi connectivity index (χ2v) is 6.13. The fraction of sp³-hybridized carbons (Fsp3) is 0.222. The predicted molar refractivity (Wildman–Crippen MR) is 90.6 cm³/mol. The van der Waals surface area contributed by atoms with Crippen LogP contribution >= 0.6 is 11.6 Å². The van der Waals surface area contributed by atoms with Crippen LogP contribution in [0.25, 0.3) is 0 Å². The van der Waals surface area contributed by atoms with Gasteiger partial charge in [0, 0.05) is 19.0 Å². The maximum absolute atomic E-state index is 12.4. The SMILES string of the molecule is O=C(Oc1ccc2c(c1)OCO2)c1ccc(Cl)c(N2CCCC2=O)c1. The molecule has 0 unspecified atom stereocenters. The third-order valence-corrected chi connectivity index (χ3v) is 4.42. The number of anilines is 1. The molecule has 1 amide bonds. The lowest BCUT2D eigenvalue weighted by molar-refractivity contribution is -0.117. The zero-order valence-corrected chi connectivity index (χ0v) is 13.9. The van der Waals surface area contributed by atoms with E-state index in [-0.39, 0.29) is 12.7 Å². The number of esters is 1. The summed E-state index contributed by atoms with van der Waals surface area (Å²) in [5.41, 5.74) is 0.848. The van der Waals surface area contributed by atoms with E-state index in [1.807, 2.05) is 0 Å². The first-order valence-electron chi connectivity index (χ1n) is 7.83. The highest BCUT2D eigenvalue weighted by molar-refractivity contribution is 6.34. The van der Waals surface area contributed by atoms with Crippen LogP contribution in [0.5, 0.6) is 17.2 Å². The molecule has 2 heterocycles. The van der Waals surface area contributed by atoms with Crippen LogP contribution in [0.1, 0.15) is 23.2 Å². The van der Waals surface area contributed by atoms with Gasteiger partial charge in [-0.1, -0.05) is 11.6 Å². The molecule has 0 bridgehead atoms. The molecule has 1 fully saturated rings. The topological polar surface area (TPSA) is 65.1 Å². The van der Waals surface area contributed by atoms with Crippen molar-refractivity contribution in [2.75, 3.05) is 18.2 Å². The van der Waals surface area contributed by atoms with Crippen LogP contribution in [-0.4, -0.2) is 25.2 Å². The molecule has 0 saturated carbocycles. The maximum atomic E-state index is 12.4. The number of hydrogen-bond acceptors (Lipinski definition) is 5. The molecular weight excluding hydrogens is 346 g/mol. The number of halogens is 1. The number of hydrogen-bond donors (Lipinski definition) is 0. The minimum Gasteiger partial charge on any atom is -0.454 e. The van der Waals surface area contributed by atoms with E-state index in [0.717, 1.165) is 6.42 Å². The van der Waals surface area contributed by atoms with Gasteiger partial charge in [0.05, 0.1) is 16.3 Å². The quantitative estimate of drug-likeness (QED) is 0.620. The van der Waals surface area contributed by atoms with Crippen LogP contribution < -0.4 is 19.1 Å². The fourth-order valence-corrected chi connectivity index (χ4v) is 3.08. The van der Waals surface area contributed by atoms with Crippen LogP contribution in [0.3, 0.4) is 0 Å². The summed E-state index contributed by atoms with van der Waals surface area (Å²) in [7, 11) is 0. The van der Waals surface area contributed by atoms with E-state index < -0.39 is 5.97 Å². The van der Waals surface area contributed by atoms with Gasteiger partial charge in [-0.2, -0.15) is 0 Å². The van der Waals surface area contributed by atoms with Gasteiger partial charge in [-0.05, 0) is 36.8 Å². The number of nitrogens with zero attached hydrogens (tertiary/aromatic N) is 1. The van der Waals surface area contributed by atoms with E-state index in [1.165, 1.54) is 0 Å². The highest BCUT2D eigenvalue weighted by Gasteiger charge is 2.25. The van der Waals surface area contributed by atoms with E-state index in [2.05, 4.69) is 0 Å². The van der Waals surface area contributed by atoms with Crippen molar-refractivity contribution in [3.05, 3.63) is 47.0 Å². The summed E-state index contributed by atoms with van der Waals surface area (Å²) in [4.78, 5) is 26.0. The lowest BCUT2D eigenvalue weighted by atomic mass is 10.2. The molecule has 0 aromatic heterocycles. The van der Waals surface area contributed by atoms with Gasteiger partial charge in [-0.3, -0.25) is 4.79 Å². The molecule has 7 heteroatoms. The molecule has 6 nitrogen and oxygen atoms in total. The Balaban J connectivity index is 1.57. The Hall–Kier alpha value is -2.73. The van der Waals surface area contributed by atoms with Gasteiger partial charge in [0.2, 0.25) is 12.7 Å². The van der Waals surface area contributed by atoms with Crippen molar-refractivity contribution in [3.8, 4) is 17.2 Å². The number of carbonyl (C=O) groups excluding carboxylic acids is 2. The molecule has 2 aliphatic rings.